The van der Waals surface area contributed by atoms with Gasteiger partial charge in [0.15, 0.2) is 0 Å². The van der Waals surface area contributed by atoms with Crippen LogP contribution in [-0.4, -0.2) is 54.8 Å². The van der Waals surface area contributed by atoms with Gasteiger partial charge in [-0.1, -0.05) is 0 Å². The van der Waals surface area contributed by atoms with Gasteiger partial charge in [-0.25, -0.2) is 0 Å². The van der Waals surface area contributed by atoms with E-state index >= 15 is 0 Å². The molecule has 5 nitrogen and oxygen atoms in total. The number of nitrogens with two attached hydrogens (primary N) is 1. The van der Waals surface area contributed by atoms with Gasteiger partial charge in [-0.05, 0) is 57.1 Å². The summed E-state index contributed by atoms with van der Waals surface area (Å²) < 4.78 is 0. The minimum absolute atomic E-state index is 0.0599. The molecule has 2 amide bonds. The molecule has 0 bridgehead atoms. The van der Waals surface area contributed by atoms with Gasteiger partial charge in [0.1, 0.15) is 0 Å². The molecule has 118 valence electrons. The van der Waals surface area contributed by atoms with E-state index in [2.05, 4.69) is 11.9 Å². The highest BCUT2D eigenvalue weighted by atomic mass is 16.2. The van der Waals surface area contributed by atoms with Gasteiger partial charge in [-0.3, -0.25) is 9.59 Å². The van der Waals surface area contributed by atoms with Crippen LogP contribution in [0, 0.1) is 5.41 Å². The van der Waals surface area contributed by atoms with E-state index in [1.54, 1.807) is 24.3 Å². The molecule has 0 radical (unpaired) electrons. The van der Waals surface area contributed by atoms with Crippen LogP contribution in [-0.2, 0) is 0 Å². The molecule has 3 rings (SSSR count). The number of nitrogens with zero attached hydrogens (tertiary/aromatic N) is 2. The molecule has 2 fully saturated rings. The SMILES string of the molecule is CN1CC[C@]2(CCCN(C(=O)c3ccc(C(N)=O)cc3)C2)C1. The predicted octanol–water partition coefficient (Wildman–Crippen LogP) is 1.34. The Bertz CT molecular complexity index is 580. The van der Waals surface area contributed by atoms with E-state index in [-0.39, 0.29) is 11.3 Å². The number of hydrogen-bond donors (Lipinski definition) is 1. The van der Waals surface area contributed by atoms with Crippen molar-refractivity contribution in [1.82, 2.24) is 9.80 Å². The fraction of sp³-hybridized carbons (Fsp3) is 0.529. The van der Waals surface area contributed by atoms with Crippen LogP contribution in [0.15, 0.2) is 24.3 Å². The number of hydrogen-bond acceptors (Lipinski definition) is 3. The number of primary amides is 1. The first kappa shape index (κ1) is 15.0. The summed E-state index contributed by atoms with van der Waals surface area (Å²) in [6.07, 6.45) is 3.45. The lowest BCUT2D eigenvalue weighted by atomic mass is 9.79. The zero-order chi connectivity index (χ0) is 15.7. The Hall–Kier alpha value is -1.88. The smallest absolute Gasteiger partial charge is 0.253 e. The lowest BCUT2D eigenvalue weighted by Crippen LogP contribution is -2.47. The second kappa shape index (κ2) is 5.72. The molecule has 1 aromatic rings. The van der Waals surface area contributed by atoms with Crippen LogP contribution in [0.3, 0.4) is 0 Å². The summed E-state index contributed by atoms with van der Waals surface area (Å²) in [5.41, 5.74) is 6.58. The van der Waals surface area contributed by atoms with Crippen LogP contribution in [0.5, 0.6) is 0 Å². The van der Waals surface area contributed by atoms with E-state index in [0.717, 1.165) is 32.6 Å². The van der Waals surface area contributed by atoms with Crippen molar-refractivity contribution >= 4 is 11.8 Å². The largest absolute Gasteiger partial charge is 0.366 e. The summed E-state index contributed by atoms with van der Waals surface area (Å²) >= 11 is 0. The van der Waals surface area contributed by atoms with Crippen molar-refractivity contribution in [3.8, 4) is 0 Å². The Balaban J connectivity index is 1.73. The van der Waals surface area contributed by atoms with Gasteiger partial charge in [0.2, 0.25) is 5.91 Å². The summed E-state index contributed by atoms with van der Waals surface area (Å²) in [6, 6.07) is 6.65. The number of carbonyl (C=O) groups is 2. The Kier molecular flexibility index (Phi) is 3.91. The van der Waals surface area contributed by atoms with E-state index in [4.69, 9.17) is 5.73 Å². The molecule has 2 saturated heterocycles. The molecular formula is C17H23N3O2. The highest BCUT2D eigenvalue weighted by Gasteiger charge is 2.41. The molecule has 5 heteroatoms. The summed E-state index contributed by atoms with van der Waals surface area (Å²) in [4.78, 5) is 28.1. The lowest BCUT2D eigenvalue weighted by molar-refractivity contribution is 0.0534. The number of likely N-dealkylation sites (tertiary alicyclic amines) is 2. The van der Waals surface area contributed by atoms with Gasteiger partial charge >= 0.3 is 0 Å². The van der Waals surface area contributed by atoms with Crippen molar-refractivity contribution in [1.29, 1.82) is 0 Å². The Morgan fingerprint density at radius 2 is 1.73 bits per heavy atom. The Morgan fingerprint density at radius 3 is 2.32 bits per heavy atom. The van der Waals surface area contributed by atoms with Crippen LogP contribution in [0.1, 0.15) is 40.0 Å². The highest BCUT2D eigenvalue weighted by Crippen LogP contribution is 2.38. The van der Waals surface area contributed by atoms with Crippen LogP contribution in [0.2, 0.25) is 0 Å². The van der Waals surface area contributed by atoms with E-state index in [0.29, 0.717) is 11.1 Å². The maximum absolute atomic E-state index is 12.7. The second-order valence-corrected chi connectivity index (χ2v) is 6.76. The van der Waals surface area contributed by atoms with E-state index < -0.39 is 5.91 Å². The van der Waals surface area contributed by atoms with Gasteiger partial charge in [0, 0.05) is 36.2 Å². The first-order valence-electron chi connectivity index (χ1n) is 7.87. The lowest BCUT2D eigenvalue weighted by Gasteiger charge is -2.40. The quantitative estimate of drug-likeness (QED) is 0.896. The standard InChI is InChI=1S/C17H23N3O2/c1-19-10-8-17(11-19)7-2-9-20(12-17)16(22)14-5-3-13(4-6-14)15(18)21/h3-6H,2,7-12H2,1H3,(H2,18,21)/t17-/m1/s1. The molecule has 1 aromatic carbocycles. The maximum Gasteiger partial charge on any atom is 0.253 e. The third-order valence-corrected chi connectivity index (χ3v) is 4.99. The van der Waals surface area contributed by atoms with Crippen molar-refractivity contribution in [2.24, 2.45) is 11.1 Å². The monoisotopic (exact) mass is 301 g/mol. The first-order chi connectivity index (χ1) is 10.5. The van der Waals surface area contributed by atoms with Crippen molar-refractivity contribution in [2.45, 2.75) is 19.3 Å². The first-order valence-corrected chi connectivity index (χ1v) is 7.87. The van der Waals surface area contributed by atoms with Crippen LogP contribution in [0.4, 0.5) is 0 Å². The van der Waals surface area contributed by atoms with Gasteiger partial charge in [-0.2, -0.15) is 0 Å². The molecule has 2 N–H and O–H groups in total. The summed E-state index contributed by atoms with van der Waals surface area (Å²) in [6.45, 7) is 3.86. The maximum atomic E-state index is 12.7. The fourth-order valence-electron chi connectivity index (χ4n) is 3.83. The summed E-state index contributed by atoms with van der Waals surface area (Å²) in [5.74, 6) is -0.408. The Morgan fingerprint density at radius 1 is 1.05 bits per heavy atom. The predicted molar refractivity (Wildman–Crippen MR) is 84.6 cm³/mol. The van der Waals surface area contributed by atoms with Crippen molar-refractivity contribution < 1.29 is 9.59 Å². The van der Waals surface area contributed by atoms with E-state index in [9.17, 15) is 9.59 Å². The minimum Gasteiger partial charge on any atom is -0.366 e. The van der Waals surface area contributed by atoms with E-state index in [1.807, 2.05) is 4.90 Å². The van der Waals surface area contributed by atoms with Gasteiger partial charge < -0.3 is 15.5 Å². The van der Waals surface area contributed by atoms with Crippen LogP contribution in [0.25, 0.3) is 0 Å². The molecule has 2 aliphatic rings. The molecular weight excluding hydrogens is 278 g/mol. The van der Waals surface area contributed by atoms with Gasteiger partial charge in [-0.15, -0.1) is 0 Å². The molecule has 22 heavy (non-hydrogen) atoms. The number of amides is 2. The number of piperidine rings is 1. The number of rotatable bonds is 2. The number of benzene rings is 1. The number of carbonyl (C=O) groups excluding carboxylic acids is 2. The Labute approximate surface area is 131 Å². The van der Waals surface area contributed by atoms with Gasteiger partial charge in [0.25, 0.3) is 5.91 Å². The van der Waals surface area contributed by atoms with Crippen molar-refractivity contribution in [3.63, 3.8) is 0 Å². The molecule has 1 atom stereocenters. The molecule has 0 aromatic heterocycles. The normalized spacial score (nSPS) is 25.6. The van der Waals surface area contributed by atoms with E-state index in [1.165, 1.54) is 12.8 Å². The third-order valence-electron chi connectivity index (χ3n) is 4.99. The molecule has 1 spiro atoms. The minimum atomic E-state index is -0.468. The van der Waals surface area contributed by atoms with Crippen LogP contribution < -0.4 is 5.73 Å². The molecule has 0 unspecified atom stereocenters. The third kappa shape index (κ3) is 2.86. The van der Waals surface area contributed by atoms with Crippen molar-refractivity contribution in [3.05, 3.63) is 35.4 Å². The molecule has 0 aliphatic carbocycles. The molecule has 0 saturated carbocycles. The highest BCUT2D eigenvalue weighted by molar-refractivity contribution is 5.97. The van der Waals surface area contributed by atoms with Crippen LogP contribution >= 0.6 is 0 Å². The topological polar surface area (TPSA) is 66.6 Å². The second-order valence-electron chi connectivity index (χ2n) is 6.76. The molecule has 2 heterocycles. The van der Waals surface area contributed by atoms with Gasteiger partial charge in [0.05, 0.1) is 0 Å². The molecule has 2 aliphatic heterocycles. The summed E-state index contributed by atoms with van der Waals surface area (Å²) in [5, 5.41) is 0. The fourth-order valence-corrected chi connectivity index (χ4v) is 3.83. The zero-order valence-electron chi connectivity index (χ0n) is 13.0. The average molecular weight is 301 g/mol. The average Bonchev–Trinajstić information content (AvgIpc) is 2.87. The zero-order valence-corrected chi connectivity index (χ0v) is 13.0. The van der Waals surface area contributed by atoms with Crippen molar-refractivity contribution in [2.75, 3.05) is 33.2 Å². The summed E-state index contributed by atoms with van der Waals surface area (Å²) in [7, 11) is 2.15.